The molecule has 0 radical (unpaired) electrons. The summed E-state index contributed by atoms with van der Waals surface area (Å²) in [6, 6.07) is 11.8. The molecule has 0 unspecified atom stereocenters. The lowest BCUT2D eigenvalue weighted by atomic mass is 9.97. The van der Waals surface area contributed by atoms with Crippen LogP contribution in [-0.4, -0.2) is 41.8 Å². The van der Waals surface area contributed by atoms with E-state index in [2.05, 4.69) is 0 Å². The molecule has 0 spiro atoms. The quantitative estimate of drug-likeness (QED) is 0.880. The number of ether oxygens (including phenoxy) is 2. The van der Waals surface area contributed by atoms with Gasteiger partial charge in [0.05, 0.1) is 6.54 Å². The van der Waals surface area contributed by atoms with Gasteiger partial charge >= 0.3 is 0 Å². The molecule has 2 aliphatic rings. The molecule has 2 aliphatic heterocycles. The largest absolute Gasteiger partial charge is 0.504 e. The molecule has 2 aromatic carbocycles. The molecule has 1 N–H and O–H groups in total. The molecule has 0 aliphatic carbocycles. The van der Waals surface area contributed by atoms with Gasteiger partial charge < -0.3 is 19.5 Å². The van der Waals surface area contributed by atoms with Gasteiger partial charge in [0.25, 0.3) is 5.91 Å². The Morgan fingerprint density at radius 2 is 2.04 bits per heavy atom. The Kier molecular flexibility index (Phi) is 5.03. The van der Waals surface area contributed by atoms with E-state index in [0.29, 0.717) is 32.1 Å². The van der Waals surface area contributed by atoms with Gasteiger partial charge in [0.15, 0.2) is 11.5 Å². The van der Waals surface area contributed by atoms with Crippen molar-refractivity contribution in [2.75, 3.05) is 19.8 Å². The van der Waals surface area contributed by atoms with Gasteiger partial charge in [0, 0.05) is 18.7 Å². The number of fused-ring (bicyclic) bond motifs is 1. The van der Waals surface area contributed by atoms with E-state index in [1.807, 2.05) is 37.3 Å². The third kappa shape index (κ3) is 3.65. The van der Waals surface area contributed by atoms with Gasteiger partial charge in [-0.15, -0.1) is 0 Å². The van der Waals surface area contributed by atoms with Crippen LogP contribution < -0.4 is 4.74 Å². The zero-order valence-electron chi connectivity index (χ0n) is 15.6. The third-order valence-corrected chi connectivity index (χ3v) is 5.34. The predicted octanol–water partition coefficient (Wildman–Crippen LogP) is 3.66. The molecule has 2 aromatic rings. The van der Waals surface area contributed by atoms with Crippen molar-refractivity contribution in [3.05, 3.63) is 47.5 Å². The maximum absolute atomic E-state index is 12.9. The first-order valence-corrected chi connectivity index (χ1v) is 9.58. The number of carbonyl (C=O) groups excluding carboxylic acids is 1. The van der Waals surface area contributed by atoms with E-state index in [9.17, 15) is 9.90 Å². The molecule has 1 saturated heterocycles. The van der Waals surface area contributed by atoms with Crippen LogP contribution in [0.25, 0.3) is 11.1 Å². The molecule has 1 amide bonds. The van der Waals surface area contributed by atoms with E-state index < -0.39 is 0 Å². The summed E-state index contributed by atoms with van der Waals surface area (Å²) in [4.78, 5) is 14.7. The molecule has 4 rings (SSSR count). The molecule has 5 heteroatoms. The van der Waals surface area contributed by atoms with Crippen molar-refractivity contribution in [3.8, 4) is 22.6 Å². The highest BCUT2D eigenvalue weighted by molar-refractivity contribution is 5.81. The second kappa shape index (κ2) is 7.61. The molecule has 5 nitrogen and oxygen atoms in total. The zero-order chi connectivity index (χ0) is 18.8. The first kappa shape index (κ1) is 17.9. The van der Waals surface area contributed by atoms with Gasteiger partial charge in [-0.25, -0.2) is 0 Å². The predicted molar refractivity (Wildman–Crippen MR) is 103 cm³/mol. The lowest BCUT2D eigenvalue weighted by molar-refractivity contribution is -0.147. The zero-order valence-corrected chi connectivity index (χ0v) is 15.6. The van der Waals surface area contributed by atoms with Gasteiger partial charge in [-0.3, -0.25) is 4.79 Å². The number of benzene rings is 2. The van der Waals surface area contributed by atoms with E-state index in [1.54, 1.807) is 11.0 Å². The average molecular weight is 367 g/mol. The Labute approximate surface area is 159 Å². The SMILES string of the molecule is Cc1ccccc1-c1cc(O)c2c(c1)CN(C(=O)[C@@H]1CCCCO1)CCO2. The normalized spacial score (nSPS) is 19.7. The van der Waals surface area contributed by atoms with Crippen LogP contribution in [0.2, 0.25) is 0 Å². The van der Waals surface area contributed by atoms with Gasteiger partial charge in [0.1, 0.15) is 12.7 Å². The van der Waals surface area contributed by atoms with Crippen molar-refractivity contribution in [1.82, 2.24) is 4.90 Å². The Morgan fingerprint density at radius 1 is 1.19 bits per heavy atom. The van der Waals surface area contributed by atoms with Crippen LogP contribution in [0, 0.1) is 6.92 Å². The number of hydrogen-bond acceptors (Lipinski definition) is 4. The number of aromatic hydroxyl groups is 1. The van der Waals surface area contributed by atoms with E-state index in [-0.39, 0.29) is 17.8 Å². The molecule has 2 heterocycles. The number of nitrogens with zero attached hydrogens (tertiary/aromatic N) is 1. The first-order valence-electron chi connectivity index (χ1n) is 9.58. The van der Waals surface area contributed by atoms with E-state index >= 15 is 0 Å². The van der Waals surface area contributed by atoms with Crippen LogP contribution in [0.1, 0.15) is 30.4 Å². The number of carbonyl (C=O) groups is 1. The summed E-state index contributed by atoms with van der Waals surface area (Å²) in [6.45, 7) is 3.97. The minimum atomic E-state index is -0.353. The molecule has 27 heavy (non-hydrogen) atoms. The minimum Gasteiger partial charge on any atom is -0.504 e. The summed E-state index contributed by atoms with van der Waals surface area (Å²) in [5.74, 6) is 0.619. The van der Waals surface area contributed by atoms with Gasteiger partial charge in [-0.05, 0) is 55.0 Å². The highest BCUT2D eigenvalue weighted by Crippen LogP contribution is 2.38. The van der Waals surface area contributed by atoms with Crippen LogP contribution in [0.4, 0.5) is 0 Å². The third-order valence-electron chi connectivity index (χ3n) is 5.34. The maximum Gasteiger partial charge on any atom is 0.252 e. The van der Waals surface area contributed by atoms with Crippen LogP contribution in [0.5, 0.6) is 11.5 Å². The van der Waals surface area contributed by atoms with Crippen LogP contribution in [0.15, 0.2) is 36.4 Å². The summed E-state index contributed by atoms with van der Waals surface area (Å²) in [7, 11) is 0. The maximum atomic E-state index is 12.9. The summed E-state index contributed by atoms with van der Waals surface area (Å²) in [5, 5.41) is 10.5. The second-order valence-electron chi connectivity index (χ2n) is 7.26. The Morgan fingerprint density at radius 3 is 2.81 bits per heavy atom. The fourth-order valence-corrected chi connectivity index (χ4v) is 3.88. The van der Waals surface area contributed by atoms with Crippen LogP contribution in [0.3, 0.4) is 0 Å². The minimum absolute atomic E-state index is 0.0203. The summed E-state index contributed by atoms with van der Waals surface area (Å²) in [6.07, 6.45) is 2.46. The molecule has 1 atom stereocenters. The average Bonchev–Trinajstić information content (AvgIpc) is 2.91. The number of aryl methyl sites for hydroxylation is 1. The monoisotopic (exact) mass is 367 g/mol. The lowest BCUT2D eigenvalue weighted by Gasteiger charge is -2.28. The Balaban J connectivity index is 1.65. The molecule has 0 aromatic heterocycles. The number of phenols is 1. The van der Waals surface area contributed by atoms with Crippen molar-refractivity contribution >= 4 is 5.91 Å². The Hall–Kier alpha value is -2.53. The van der Waals surface area contributed by atoms with Gasteiger partial charge in [-0.2, -0.15) is 0 Å². The summed E-state index contributed by atoms with van der Waals surface area (Å²) in [5.41, 5.74) is 3.95. The molecule has 0 saturated carbocycles. The lowest BCUT2D eigenvalue weighted by Crippen LogP contribution is -2.42. The number of phenolic OH excluding ortho intramolecular Hbond substituents is 1. The highest BCUT2D eigenvalue weighted by atomic mass is 16.5. The van der Waals surface area contributed by atoms with Crippen molar-refractivity contribution in [2.24, 2.45) is 0 Å². The molecular weight excluding hydrogens is 342 g/mol. The second-order valence-corrected chi connectivity index (χ2v) is 7.26. The van der Waals surface area contributed by atoms with E-state index in [4.69, 9.17) is 9.47 Å². The molecular formula is C22H25NO4. The fourth-order valence-electron chi connectivity index (χ4n) is 3.88. The smallest absolute Gasteiger partial charge is 0.252 e. The van der Waals surface area contributed by atoms with Crippen LogP contribution >= 0.6 is 0 Å². The fraction of sp³-hybridized carbons (Fsp3) is 0.409. The van der Waals surface area contributed by atoms with Crippen molar-refractivity contribution in [3.63, 3.8) is 0 Å². The number of rotatable bonds is 2. The number of amides is 1. The standard InChI is InChI=1S/C22H25NO4/c1-15-6-2-3-7-18(15)16-12-17-14-23(9-11-27-21(17)19(24)13-16)22(25)20-8-4-5-10-26-20/h2-3,6-7,12-13,20,24H,4-5,8-11,14H2,1H3/t20-/m0/s1. The van der Waals surface area contributed by atoms with E-state index in [1.165, 1.54) is 0 Å². The summed E-state index contributed by atoms with van der Waals surface area (Å²) >= 11 is 0. The topological polar surface area (TPSA) is 59.0 Å². The Bertz CT molecular complexity index is 842. The van der Waals surface area contributed by atoms with Crippen molar-refractivity contribution in [2.45, 2.75) is 38.8 Å². The molecule has 142 valence electrons. The first-order chi connectivity index (χ1) is 13.1. The molecule has 1 fully saturated rings. The number of hydrogen-bond donors (Lipinski definition) is 1. The van der Waals surface area contributed by atoms with Crippen molar-refractivity contribution in [1.29, 1.82) is 0 Å². The summed E-state index contributed by atoms with van der Waals surface area (Å²) < 4.78 is 11.5. The molecule has 0 bridgehead atoms. The van der Waals surface area contributed by atoms with E-state index in [0.717, 1.165) is 41.5 Å². The van der Waals surface area contributed by atoms with Gasteiger partial charge in [-0.1, -0.05) is 24.3 Å². The van der Waals surface area contributed by atoms with Crippen LogP contribution in [-0.2, 0) is 16.1 Å². The highest BCUT2D eigenvalue weighted by Gasteiger charge is 2.29. The van der Waals surface area contributed by atoms with Crippen molar-refractivity contribution < 1.29 is 19.4 Å². The van der Waals surface area contributed by atoms with Gasteiger partial charge in [0.2, 0.25) is 0 Å².